The Morgan fingerprint density at radius 2 is 1.60 bits per heavy atom. The van der Waals surface area contributed by atoms with Crippen molar-refractivity contribution in [2.45, 2.75) is 64.2 Å². The van der Waals surface area contributed by atoms with Crippen LogP contribution in [0.3, 0.4) is 0 Å². The van der Waals surface area contributed by atoms with Gasteiger partial charge in [-0.25, -0.2) is 4.79 Å². The highest BCUT2D eigenvalue weighted by Gasteiger charge is 2.37. The van der Waals surface area contributed by atoms with Crippen molar-refractivity contribution in [3.8, 4) is 11.1 Å². The fourth-order valence-corrected chi connectivity index (χ4v) is 6.05. The first-order valence-electron chi connectivity index (χ1n) is 15.9. The van der Waals surface area contributed by atoms with Crippen molar-refractivity contribution in [1.82, 2.24) is 20.6 Å². The number of amides is 3. The van der Waals surface area contributed by atoms with Gasteiger partial charge < -0.3 is 31.7 Å². The molecule has 1 heterocycles. The van der Waals surface area contributed by atoms with Gasteiger partial charge in [0.25, 0.3) is 5.91 Å². The minimum atomic E-state index is -4.54. The average molecular weight is 665 g/mol. The van der Waals surface area contributed by atoms with Gasteiger partial charge in [0.05, 0.1) is 11.0 Å². The first kappa shape index (κ1) is 34.4. The first-order valence-corrected chi connectivity index (χ1v) is 15.9. The van der Waals surface area contributed by atoms with Crippen LogP contribution < -0.4 is 27.4 Å². The number of carbonyl (C=O) groups excluding carboxylic acids is 3. The zero-order chi connectivity index (χ0) is 34.6. The fraction of sp³-hybridized carbons (Fsp3) is 0.371. The summed E-state index contributed by atoms with van der Waals surface area (Å²) in [5, 5.41) is 7.81. The highest BCUT2D eigenvalue weighted by Crippen LogP contribution is 2.29. The Kier molecular flexibility index (Phi) is 10.4. The number of aromatic amines is 2. The van der Waals surface area contributed by atoms with Gasteiger partial charge in [0.15, 0.2) is 0 Å². The van der Waals surface area contributed by atoms with Gasteiger partial charge in [0.2, 0.25) is 11.8 Å². The van der Waals surface area contributed by atoms with Crippen molar-refractivity contribution < 1.29 is 27.6 Å². The Labute approximate surface area is 275 Å². The summed E-state index contributed by atoms with van der Waals surface area (Å²) in [6.07, 6.45) is -1.21. The summed E-state index contributed by atoms with van der Waals surface area (Å²) < 4.78 is 38.7. The molecule has 0 aliphatic heterocycles. The molecular weight excluding hydrogens is 625 g/mol. The maximum absolute atomic E-state index is 13.6. The molecule has 0 bridgehead atoms. The molecule has 7 N–H and O–H groups in total. The number of H-pyrrole nitrogens is 2. The van der Waals surface area contributed by atoms with Crippen molar-refractivity contribution in [3.05, 3.63) is 87.8 Å². The van der Waals surface area contributed by atoms with E-state index in [1.807, 2.05) is 29.6 Å². The SMILES string of the molecule is Cc1cc(C(=O)N[C@@H](C)C(F)(F)F)ccc1-c1ccc(C[C@H](NC(=O)C2CCC(CN)CC2)C(=O)Nc2ccc3[nH]c(=O)[nH]c3c2)cc1. The second kappa shape index (κ2) is 14.5. The summed E-state index contributed by atoms with van der Waals surface area (Å²) >= 11 is 0. The molecule has 3 aromatic carbocycles. The molecule has 3 amide bonds. The quantitative estimate of drug-likeness (QED) is 0.141. The molecule has 1 aliphatic carbocycles. The van der Waals surface area contributed by atoms with E-state index in [0.717, 1.165) is 36.5 Å². The lowest BCUT2D eigenvalue weighted by atomic mass is 9.81. The third-order valence-electron chi connectivity index (χ3n) is 9.00. The topological polar surface area (TPSA) is 162 Å². The number of fused-ring (bicyclic) bond motifs is 1. The van der Waals surface area contributed by atoms with Gasteiger partial charge >= 0.3 is 11.9 Å². The van der Waals surface area contributed by atoms with E-state index in [2.05, 4.69) is 20.6 Å². The van der Waals surface area contributed by atoms with E-state index in [0.29, 0.717) is 47.6 Å². The maximum Gasteiger partial charge on any atom is 0.408 e. The first-order chi connectivity index (χ1) is 22.8. The summed E-state index contributed by atoms with van der Waals surface area (Å²) in [4.78, 5) is 56.3. The number of alkyl halides is 3. The molecular formula is C35H39F3N6O4. The number of aryl methyl sites for hydroxylation is 1. The molecule has 0 spiro atoms. The molecule has 1 fully saturated rings. The summed E-state index contributed by atoms with van der Waals surface area (Å²) in [7, 11) is 0. The lowest BCUT2D eigenvalue weighted by molar-refractivity contribution is -0.149. The number of nitrogens with one attached hydrogen (secondary N) is 5. The summed E-state index contributed by atoms with van der Waals surface area (Å²) in [6, 6.07) is 14.2. The summed E-state index contributed by atoms with van der Waals surface area (Å²) in [6.45, 7) is 3.25. The second-order valence-corrected chi connectivity index (χ2v) is 12.5. The number of imidazole rings is 1. The van der Waals surface area contributed by atoms with E-state index < -0.39 is 30.1 Å². The van der Waals surface area contributed by atoms with Crippen LogP contribution in [0.15, 0.2) is 65.5 Å². The van der Waals surface area contributed by atoms with Crippen molar-refractivity contribution in [2.24, 2.45) is 17.6 Å². The minimum Gasteiger partial charge on any atom is -0.344 e. The van der Waals surface area contributed by atoms with Crippen LogP contribution in [0.2, 0.25) is 0 Å². The molecule has 10 nitrogen and oxygen atoms in total. The predicted molar refractivity (Wildman–Crippen MR) is 177 cm³/mol. The zero-order valence-electron chi connectivity index (χ0n) is 26.7. The molecule has 0 saturated heterocycles. The molecule has 1 saturated carbocycles. The lowest BCUT2D eigenvalue weighted by Gasteiger charge is -2.28. The Morgan fingerprint density at radius 1 is 0.917 bits per heavy atom. The molecule has 254 valence electrons. The number of aromatic nitrogens is 2. The molecule has 13 heteroatoms. The molecule has 0 unspecified atom stereocenters. The van der Waals surface area contributed by atoms with Crippen LogP contribution in [-0.2, 0) is 16.0 Å². The van der Waals surface area contributed by atoms with Crippen LogP contribution in [0.25, 0.3) is 22.2 Å². The minimum absolute atomic E-state index is 0.118. The number of rotatable bonds is 10. The Hall–Kier alpha value is -4.91. The summed E-state index contributed by atoms with van der Waals surface area (Å²) in [5.74, 6) is -1.22. The number of nitrogens with two attached hydrogens (primary N) is 1. The average Bonchev–Trinajstić information content (AvgIpc) is 3.43. The smallest absolute Gasteiger partial charge is 0.344 e. The van der Waals surface area contributed by atoms with Gasteiger partial charge in [0, 0.05) is 23.6 Å². The molecule has 4 aromatic rings. The van der Waals surface area contributed by atoms with Crippen LogP contribution in [0.5, 0.6) is 0 Å². The van der Waals surface area contributed by atoms with Crippen molar-refractivity contribution in [2.75, 3.05) is 11.9 Å². The lowest BCUT2D eigenvalue weighted by Crippen LogP contribution is -2.48. The molecule has 1 aliphatic rings. The molecule has 1 aromatic heterocycles. The zero-order valence-corrected chi connectivity index (χ0v) is 26.7. The number of hydrogen-bond acceptors (Lipinski definition) is 5. The van der Waals surface area contributed by atoms with Crippen LogP contribution >= 0.6 is 0 Å². The summed E-state index contributed by atoms with van der Waals surface area (Å²) in [5.41, 5.74) is 10.2. The molecule has 48 heavy (non-hydrogen) atoms. The number of anilines is 1. The third kappa shape index (κ3) is 8.32. The predicted octanol–water partition coefficient (Wildman–Crippen LogP) is 4.94. The Morgan fingerprint density at radius 3 is 2.25 bits per heavy atom. The van der Waals surface area contributed by atoms with Crippen LogP contribution in [-0.4, -0.2) is 52.5 Å². The van der Waals surface area contributed by atoms with E-state index in [1.165, 1.54) is 6.07 Å². The molecule has 5 rings (SSSR count). The molecule has 2 atom stereocenters. The monoisotopic (exact) mass is 664 g/mol. The molecule has 0 radical (unpaired) electrons. The van der Waals surface area contributed by atoms with Crippen LogP contribution in [0.1, 0.15) is 54.1 Å². The largest absolute Gasteiger partial charge is 0.408 e. The highest BCUT2D eigenvalue weighted by atomic mass is 19.4. The van der Waals surface area contributed by atoms with E-state index in [9.17, 15) is 32.3 Å². The van der Waals surface area contributed by atoms with Gasteiger partial charge in [-0.3, -0.25) is 14.4 Å². The van der Waals surface area contributed by atoms with Crippen molar-refractivity contribution in [1.29, 1.82) is 0 Å². The number of carbonyl (C=O) groups is 3. The fourth-order valence-electron chi connectivity index (χ4n) is 6.05. The van der Waals surface area contributed by atoms with Gasteiger partial charge in [-0.2, -0.15) is 13.2 Å². The van der Waals surface area contributed by atoms with Crippen molar-refractivity contribution in [3.63, 3.8) is 0 Å². The van der Waals surface area contributed by atoms with Crippen LogP contribution in [0.4, 0.5) is 18.9 Å². The van der Waals surface area contributed by atoms with Gasteiger partial charge in [-0.1, -0.05) is 30.3 Å². The second-order valence-electron chi connectivity index (χ2n) is 12.5. The van der Waals surface area contributed by atoms with Crippen molar-refractivity contribution >= 4 is 34.4 Å². The number of benzene rings is 3. The van der Waals surface area contributed by atoms with Gasteiger partial charge in [-0.15, -0.1) is 0 Å². The van der Waals surface area contributed by atoms with E-state index >= 15 is 0 Å². The normalized spacial score (nSPS) is 17.8. The van der Waals surface area contributed by atoms with E-state index in [1.54, 1.807) is 37.3 Å². The standard InChI is InChI=1S/C35H39F3N6O4/c1-19-15-25(32(46)40-20(2)35(36,37)38)11-13-27(19)23-7-3-21(4-8-23)16-30(42-31(45)24-9-5-22(18-39)6-10-24)33(47)41-26-12-14-28-29(17-26)44-34(48)43-28/h3-4,7-8,11-15,17,20,22,24,30H,5-6,9-10,16,18,39H2,1-2H3,(H,40,46)(H,41,47)(H,42,45)(H2,43,44,48)/t20-,22?,24?,30-/m0/s1. The number of halogens is 3. The number of hydrogen-bond donors (Lipinski definition) is 6. The Bertz CT molecular complexity index is 1840. The van der Waals surface area contributed by atoms with Gasteiger partial charge in [0.1, 0.15) is 12.1 Å². The Balaban J connectivity index is 1.31. The van der Waals surface area contributed by atoms with Crippen LogP contribution in [0, 0.1) is 18.8 Å². The third-order valence-corrected chi connectivity index (χ3v) is 9.00. The maximum atomic E-state index is 13.6. The highest BCUT2D eigenvalue weighted by molar-refractivity contribution is 5.99. The van der Waals surface area contributed by atoms with E-state index in [-0.39, 0.29) is 29.5 Å². The van der Waals surface area contributed by atoms with Gasteiger partial charge in [-0.05, 0) is 105 Å². The van der Waals surface area contributed by atoms with E-state index in [4.69, 9.17) is 5.73 Å².